The molecule has 0 fully saturated rings. The van der Waals surface area contributed by atoms with Crippen molar-refractivity contribution in [3.05, 3.63) is 40.9 Å². The molecule has 1 rings (SSSR count). The van der Waals surface area contributed by atoms with Crippen LogP contribution in [0.2, 0.25) is 5.02 Å². The number of halogens is 3. The van der Waals surface area contributed by atoms with E-state index in [1.54, 1.807) is 0 Å². The zero-order chi connectivity index (χ0) is 16.8. The average Bonchev–Trinajstić information content (AvgIpc) is 2.57. The first-order valence-corrected chi connectivity index (χ1v) is 9.49. The van der Waals surface area contributed by atoms with Gasteiger partial charge in [0.25, 0.3) is 0 Å². The first-order valence-electron chi connectivity index (χ1n) is 9.11. The van der Waals surface area contributed by atoms with Gasteiger partial charge >= 0.3 is 0 Å². The van der Waals surface area contributed by atoms with Gasteiger partial charge in [-0.05, 0) is 63.1 Å². The van der Waals surface area contributed by atoms with Gasteiger partial charge in [0.15, 0.2) is 0 Å². The van der Waals surface area contributed by atoms with Crippen LogP contribution in [-0.4, -0.2) is 37.6 Å². The second-order valence-corrected chi connectivity index (χ2v) is 6.50. The quantitative estimate of drug-likeness (QED) is 0.397. The van der Waals surface area contributed by atoms with Crippen molar-refractivity contribution < 1.29 is 0 Å². The Morgan fingerprint density at radius 2 is 1.48 bits per heavy atom. The molecule has 0 spiro atoms. The van der Waals surface area contributed by atoms with Crippen LogP contribution in [0, 0.1) is 0 Å². The molecule has 0 unspecified atom stereocenters. The fourth-order valence-corrected chi connectivity index (χ4v) is 2.61. The Bertz CT molecular complexity index is 413. The molecule has 1 aromatic carbocycles. The van der Waals surface area contributed by atoms with Crippen molar-refractivity contribution in [1.82, 2.24) is 10.2 Å². The Morgan fingerprint density at radius 3 is 2.04 bits per heavy atom. The number of hydrogen-bond acceptors (Lipinski definition) is 2. The summed E-state index contributed by atoms with van der Waals surface area (Å²) in [7, 11) is 0. The van der Waals surface area contributed by atoms with Crippen LogP contribution in [0.5, 0.6) is 0 Å². The lowest BCUT2D eigenvalue weighted by Gasteiger charge is -2.21. The third kappa shape index (κ3) is 14.6. The van der Waals surface area contributed by atoms with Crippen molar-refractivity contribution in [1.29, 1.82) is 0 Å². The predicted molar refractivity (Wildman–Crippen MR) is 119 cm³/mol. The minimum atomic E-state index is 0. The third-order valence-electron chi connectivity index (χ3n) is 3.93. The molecule has 2 nitrogen and oxygen atoms in total. The minimum Gasteiger partial charge on any atom is -0.313 e. The van der Waals surface area contributed by atoms with Gasteiger partial charge in [-0.25, -0.2) is 0 Å². The van der Waals surface area contributed by atoms with E-state index in [1.165, 1.54) is 57.3 Å². The largest absolute Gasteiger partial charge is 0.313 e. The zero-order valence-electron chi connectivity index (χ0n) is 15.7. The van der Waals surface area contributed by atoms with E-state index in [4.69, 9.17) is 11.6 Å². The highest BCUT2D eigenvalue weighted by atomic mass is 35.5. The Morgan fingerprint density at radius 1 is 0.920 bits per heavy atom. The summed E-state index contributed by atoms with van der Waals surface area (Å²) in [5, 5.41) is 4.28. The molecule has 0 aliphatic carbocycles. The first-order chi connectivity index (χ1) is 11.3. The van der Waals surface area contributed by atoms with Crippen LogP contribution < -0.4 is 5.32 Å². The van der Waals surface area contributed by atoms with E-state index in [1.807, 2.05) is 24.3 Å². The summed E-state index contributed by atoms with van der Waals surface area (Å²) in [5.41, 5.74) is 1.20. The maximum absolute atomic E-state index is 5.88. The van der Waals surface area contributed by atoms with Crippen molar-refractivity contribution in [2.45, 2.75) is 46.0 Å². The molecular formula is C20H35Cl3N2. The molecule has 1 N–H and O–H groups in total. The van der Waals surface area contributed by atoms with Gasteiger partial charge in [-0.3, -0.25) is 0 Å². The Labute approximate surface area is 172 Å². The third-order valence-corrected chi connectivity index (χ3v) is 4.18. The van der Waals surface area contributed by atoms with Gasteiger partial charge in [0.2, 0.25) is 0 Å². The number of nitrogens with zero attached hydrogens (tertiary/aromatic N) is 1. The summed E-state index contributed by atoms with van der Waals surface area (Å²) in [6.07, 6.45) is 10.8. The van der Waals surface area contributed by atoms with Gasteiger partial charge in [0.1, 0.15) is 0 Å². The van der Waals surface area contributed by atoms with Crippen LogP contribution in [-0.2, 0) is 0 Å². The van der Waals surface area contributed by atoms with Crippen molar-refractivity contribution in [2.75, 3.05) is 32.7 Å². The summed E-state index contributed by atoms with van der Waals surface area (Å²) in [6.45, 7) is 10.3. The standard InChI is InChI=1S/C20H33ClN2.2ClH/c1-3-5-16-23(17-6-4-2)18-8-15-22-14-7-9-19-10-12-20(21)13-11-19;;/h7,9-13,22H,3-6,8,14-18H2,1-2H3;2*1H/b9-7+;;. The monoisotopic (exact) mass is 408 g/mol. The minimum absolute atomic E-state index is 0. The Balaban J connectivity index is 0. The second-order valence-electron chi connectivity index (χ2n) is 6.06. The lowest BCUT2D eigenvalue weighted by molar-refractivity contribution is 0.261. The van der Waals surface area contributed by atoms with E-state index in [2.05, 4.69) is 36.2 Å². The van der Waals surface area contributed by atoms with E-state index in [9.17, 15) is 0 Å². The normalized spacial score (nSPS) is 10.7. The highest BCUT2D eigenvalue weighted by Gasteiger charge is 2.02. The molecule has 0 amide bonds. The molecule has 0 saturated carbocycles. The van der Waals surface area contributed by atoms with Crippen LogP contribution in [0.3, 0.4) is 0 Å². The van der Waals surface area contributed by atoms with Gasteiger partial charge in [-0.15, -0.1) is 24.8 Å². The number of unbranched alkanes of at least 4 members (excludes halogenated alkanes) is 2. The average molecular weight is 410 g/mol. The van der Waals surface area contributed by atoms with E-state index in [0.717, 1.165) is 18.1 Å². The summed E-state index contributed by atoms with van der Waals surface area (Å²) in [5.74, 6) is 0. The number of rotatable bonds is 13. The van der Waals surface area contributed by atoms with Crippen molar-refractivity contribution in [2.24, 2.45) is 0 Å². The molecule has 0 radical (unpaired) electrons. The number of benzene rings is 1. The van der Waals surface area contributed by atoms with Crippen LogP contribution >= 0.6 is 36.4 Å². The predicted octanol–water partition coefficient (Wildman–Crippen LogP) is 6.08. The topological polar surface area (TPSA) is 15.3 Å². The number of nitrogens with one attached hydrogen (secondary N) is 1. The summed E-state index contributed by atoms with van der Waals surface area (Å²) >= 11 is 5.88. The van der Waals surface area contributed by atoms with Gasteiger partial charge in [0.05, 0.1) is 0 Å². The molecule has 0 aliphatic rings. The lowest BCUT2D eigenvalue weighted by Crippen LogP contribution is -2.29. The summed E-state index contributed by atoms with van der Waals surface area (Å²) < 4.78 is 0. The molecule has 0 aliphatic heterocycles. The van der Waals surface area contributed by atoms with E-state index < -0.39 is 0 Å². The Hall–Kier alpha value is -0.250. The highest BCUT2D eigenvalue weighted by Crippen LogP contribution is 2.10. The maximum Gasteiger partial charge on any atom is 0.0406 e. The lowest BCUT2D eigenvalue weighted by atomic mass is 10.2. The molecule has 146 valence electrons. The molecule has 1 aromatic rings. The molecule has 0 heterocycles. The zero-order valence-corrected chi connectivity index (χ0v) is 18.1. The van der Waals surface area contributed by atoms with E-state index >= 15 is 0 Å². The summed E-state index contributed by atoms with van der Waals surface area (Å²) in [4.78, 5) is 2.62. The fourth-order valence-electron chi connectivity index (χ4n) is 2.48. The van der Waals surface area contributed by atoms with Crippen LogP contribution in [0.15, 0.2) is 30.3 Å². The molecule has 0 atom stereocenters. The molecule has 0 aromatic heterocycles. The Kier molecular flexibility index (Phi) is 20.0. The molecule has 0 bridgehead atoms. The molecule has 5 heteroatoms. The van der Waals surface area contributed by atoms with Gasteiger partial charge in [0, 0.05) is 11.6 Å². The van der Waals surface area contributed by atoms with Crippen LogP contribution in [0.25, 0.3) is 6.08 Å². The highest BCUT2D eigenvalue weighted by molar-refractivity contribution is 6.30. The van der Waals surface area contributed by atoms with Crippen molar-refractivity contribution in [3.8, 4) is 0 Å². The molecule has 25 heavy (non-hydrogen) atoms. The van der Waals surface area contributed by atoms with Crippen molar-refractivity contribution >= 4 is 42.5 Å². The molecule has 0 saturated heterocycles. The van der Waals surface area contributed by atoms with Crippen molar-refractivity contribution in [3.63, 3.8) is 0 Å². The van der Waals surface area contributed by atoms with Crippen LogP contribution in [0.4, 0.5) is 0 Å². The van der Waals surface area contributed by atoms with E-state index in [-0.39, 0.29) is 24.8 Å². The number of hydrogen-bond donors (Lipinski definition) is 1. The fraction of sp³-hybridized carbons (Fsp3) is 0.600. The summed E-state index contributed by atoms with van der Waals surface area (Å²) in [6, 6.07) is 7.93. The van der Waals surface area contributed by atoms with Gasteiger partial charge < -0.3 is 10.2 Å². The SMILES string of the molecule is CCCCN(CCCC)CCCNC/C=C/c1ccc(Cl)cc1.Cl.Cl. The smallest absolute Gasteiger partial charge is 0.0406 e. The first kappa shape index (κ1) is 27.0. The maximum atomic E-state index is 5.88. The van der Waals surface area contributed by atoms with Gasteiger partial charge in [-0.2, -0.15) is 0 Å². The van der Waals surface area contributed by atoms with E-state index in [0.29, 0.717) is 0 Å². The second kappa shape index (κ2) is 18.5. The van der Waals surface area contributed by atoms with Gasteiger partial charge in [-0.1, -0.05) is 62.6 Å². The van der Waals surface area contributed by atoms with Crippen LogP contribution in [0.1, 0.15) is 51.5 Å². The molecular weight excluding hydrogens is 375 g/mol.